The van der Waals surface area contributed by atoms with Crippen LogP contribution in [-0.4, -0.2) is 77.2 Å². The van der Waals surface area contributed by atoms with E-state index in [-0.39, 0.29) is 23.5 Å². The quantitative estimate of drug-likeness (QED) is 0.239. The molecule has 13 nitrogen and oxygen atoms in total. The average molecular weight is 575 g/mol. The van der Waals surface area contributed by atoms with E-state index in [2.05, 4.69) is 0 Å². The highest BCUT2D eigenvalue weighted by Crippen LogP contribution is 2.33. The number of ether oxygens (including phenoxy) is 6. The van der Waals surface area contributed by atoms with E-state index in [0.717, 1.165) is 33.8 Å². The highest BCUT2D eigenvalue weighted by molar-refractivity contribution is 6.00. The first kappa shape index (κ1) is 30.9. The van der Waals surface area contributed by atoms with E-state index in [1.807, 2.05) is 0 Å². The van der Waals surface area contributed by atoms with Crippen molar-refractivity contribution in [1.29, 1.82) is 0 Å². The van der Waals surface area contributed by atoms with Gasteiger partial charge >= 0.3 is 23.9 Å². The van der Waals surface area contributed by atoms with E-state index in [1.54, 1.807) is 12.1 Å². The molecule has 41 heavy (non-hydrogen) atoms. The molecule has 220 valence electrons. The van der Waals surface area contributed by atoms with Gasteiger partial charge in [-0.3, -0.25) is 24.0 Å². The second-order valence-electron chi connectivity index (χ2n) is 9.13. The van der Waals surface area contributed by atoms with Gasteiger partial charge in [-0.2, -0.15) is 0 Å². The zero-order valence-corrected chi connectivity index (χ0v) is 22.7. The summed E-state index contributed by atoms with van der Waals surface area (Å²) in [6, 6.07) is 9.84. The van der Waals surface area contributed by atoms with E-state index >= 15 is 0 Å². The minimum Gasteiger partial charge on any atom is -0.508 e. The van der Waals surface area contributed by atoms with Crippen LogP contribution in [-0.2, 0) is 49.3 Å². The number of esters is 4. The van der Waals surface area contributed by atoms with Crippen molar-refractivity contribution in [3.63, 3.8) is 0 Å². The number of phenolic OH excluding ortho intramolecular Hbond substituents is 2. The van der Waals surface area contributed by atoms with Crippen LogP contribution < -0.4 is 4.74 Å². The predicted octanol–water partition coefficient (Wildman–Crippen LogP) is 1.99. The maximum Gasteiger partial charge on any atom is 0.303 e. The largest absolute Gasteiger partial charge is 0.508 e. The number of phenols is 2. The summed E-state index contributed by atoms with van der Waals surface area (Å²) in [5.41, 5.74) is 0.608. The van der Waals surface area contributed by atoms with Crippen molar-refractivity contribution in [1.82, 2.24) is 0 Å². The van der Waals surface area contributed by atoms with Crippen LogP contribution in [0.15, 0.2) is 42.5 Å². The number of Topliss-reactive ketones (excluding diaryl/α,β-unsaturated/α-hetero) is 1. The molecule has 2 aromatic rings. The van der Waals surface area contributed by atoms with Crippen LogP contribution in [0.3, 0.4) is 0 Å². The van der Waals surface area contributed by atoms with E-state index < -0.39 is 72.7 Å². The van der Waals surface area contributed by atoms with E-state index in [9.17, 15) is 34.2 Å². The normalized spacial score (nSPS) is 21.7. The van der Waals surface area contributed by atoms with Gasteiger partial charge in [0.1, 0.15) is 30.0 Å². The van der Waals surface area contributed by atoms with Gasteiger partial charge < -0.3 is 38.6 Å². The summed E-state index contributed by atoms with van der Waals surface area (Å²) < 4.78 is 32.8. The Morgan fingerprint density at radius 3 is 1.90 bits per heavy atom. The number of carbonyl (C=O) groups is 5. The molecule has 1 saturated heterocycles. The first-order valence-electron chi connectivity index (χ1n) is 12.4. The minimum absolute atomic E-state index is 0.00744. The molecule has 0 saturated carbocycles. The topological polar surface area (TPSA) is 181 Å². The van der Waals surface area contributed by atoms with Gasteiger partial charge in [0.25, 0.3) is 0 Å². The molecule has 0 aliphatic carbocycles. The molecule has 1 aliphatic rings. The molecule has 3 rings (SSSR count). The Kier molecular flexibility index (Phi) is 10.3. The Labute approximate surface area is 234 Å². The second kappa shape index (κ2) is 13.6. The zero-order valence-electron chi connectivity index (χ0n) is 22.7. The van der Waals surface area contributed by atoms with Gasteiger partial charge in [0.15, 0.2) is 18.0 Å². The van der Waals surface area contributed by atoms with Crippen molar-refractivity contribution in [2.75, 3.05) is 6.61 Å². The average Bonchev–Trinajstić information content (AvgIpc) is 2.87. The van der Waals surface area contributed by atoms with Crippen LogP contribution in [0.4, 0.5) is 0 Å². The molecule has 2 aromatic carbocycles. The van der Waals surface area contributed by atoms with Gasteiger partial charge in [-0.1, -0.05) is 12.1 Å². The summed E-state index contributed by atoms with van der Waals surface area (Å²) in [4.78, 5) is 60.0. The van der Waals surface area contributed by atoms with Gasteiger partial charge in [-0.15, -0.1) is 0 Å². The third-order valence-corrected chi connectivity index (χ3v) is 5.77. The van der Waals surface area contributed by atoms with Crippen LogP contribution in [0.2, 0.25) is 0 Å². The predicted molar refractivity (Wildman–Crippen MR) is 137 cm³/mol. The van der Waals surface area contributed by atoms with E-state index in [0.29, 0.717) is 5.56 Å². The standard InChI is InChI=1S/C28H30O13/c1-14(29)36-13-24-25(37-15(2)30)26(38-16(3)31)27(39-17(4)32)28(41-24)40-20-9-10-21(23(35)12-20)22(34)11-18-5-7-19(33)8-6-18/h5-10,12,24-28,33,35H,11,13H2,1-4H3/t24-,25-,26+,27-,28-/m1/s1. The molecule has 1 fully saturated rings. The molecule has 13 heteroatoms. The van der Waals surface area contributed by atoms with Crippen molar-refractivity contribution in [3.8, 4) is 17.2 Å². The van der Waals surface area contributed by atoms with Crippen LogP contribution in [0.25, 0.3) is 0 Å². The van der Waals surface area contributed by atoms with Crippen LogP contribution in [0.1, 0.15) is 43.6 Å². The summed E-state index contributed by atoms with van der Waals surface area (Å²) in [5, 5.41) is 20.0. The monoisotopic (exact) mass is 574 g/mol. The third-order valence-electron chi connectivity index (χ3n) is 5.77. The number of rotatable bonds is 10. The maximum absolute atomic E-state index is 12.8. The smallest absolute Gasteiger partial charge is 0.303 e. The van der Waals surface area contributed by atoms with Crippen molar-refractivity contribution >= 4 is 29.7 Å². The number of hydrogen-bond donors (Lipinski definition) is 2. The summed E-state index contributed by atoms with van der Waals surface area (Å²) >= 11 is 0. The Balaban J connectivity index is 1.90. The lowest BCUT2D eigenvalue weighted by molar-refractivity contribution is -0.288. The second-order valence-corrected chi connectivity index (χ2v) is 9.13. The lowest BCUT2D eigenvalue weighted by atomic mass is 9.98. The Bertz CT molecular complexity index is 1290. The molecule has 5 atom stereocenters. The third kappa shape index (κ3) is 8.67. The first-order valence-corrected chi connectivity index (χ1v) is 12.4. The summed E-state index contributed by atoms with van der Waals surface area (Å²) in [7, 11) is 0. The Morgan fingerprint density at radius 2 is 1.34 bits per heavy atom. The summed E-state index contributed by atoms with van der Waals surface area (Å²) in [6.07, 6.45) is -7.02. The highest BCUT2D eigenvalue weighted by atomic mass is 16.7. The molecule has 0 unspecified atom stereocenters. The van der Waals surface area contributed by atoms with Crippen molar-refractivity contribution in [2.24, 2.45) is 0 Å². The lowest BCUT2D eigenvalue weighted by Gasteiger charge is -2.43. The lowest BCUT2D eigenvalue weighted by Crippen LogP contribution is -2.63. The fraction of sp³-hybridized carbons (Fsp3) is 0.393. The minimum atomic E-state index is -1.51. The number of hydrogen-bond acceptors (Lipinski definition) is 13. The number of benzene rings is 2. The van der Waals surface area contributed by atoms with Crippen molar-refractivity contribution in [2.45, 2.75) is 64.8 Å². The molecule has 0 bridgehead atoms. The Hall–Kier alpha value is -4.65. The molecular formula is C28H30O13. The Morgan fingerprint density at radius 1 is 0.756 bits per heavy atom. The highest BCUT2D eigenvalue weighted by Gasteiger charge is 2.53. The van der Waals surface area contributed by atoms with Gasteiger partial charge in [0, 0.05) is 40.2 Å². The van der Waals surface area contributed by atoms with Crippen molar-refractivity contribution in [3.05, 3.63) is 53.6 Å². The fourth-order valence-electron chi connectivity index (χ4n) is 4.13. The van der Waals surface area contributed by atoms with Crippen LogP contribution >= 0.6 is 0 Å². The zero-order chi connectivity index (χ0) is 30.3. The number of carbonyl (C=O) groups excluding carboxylic acids is 5. The molecule has 0 spiro atoms. The maximum atomic E-state index is 12.8. The summed E-state index contributed by atoms with van der Waals surface area (Å²) in [5.74, 6) is -3.85. The van der Waals surface area contributed by atoms with Gasteiger partial charge in [-0.05, 0) is 29.8 Å². The molecule has 0 radical (unpaired) electrons. The van der Waals surface area contributed by atoms with Crippen molar-refractivity contribution < 1.29 is 62.6 Å². The first-order chi connectivity index (χ1) is 19.3. The molecule has 2 N–H and O–H groups in total. The van der Waals surface area contributed by atoms with E-state index in [4.69, 9.17) is 28.4 Å². The number of ketones is 1. The summed E-state index contributed by atoms with van der Waals surface area (Å²) in [6.45, 7) is 4.00. The molecule has 1 heterocycles. The number of aromatic hydroxyl groups is 2. The molecule has 0 aromatic heterocycles. The van der Waals surface area contributed by atoms with Gasteiger partial charge in [-0.25, -0.2) is 0 Å². The van der Waals surface area contributed by atoms with Gasteiger partial charge in [0.05, 0.1) is 5.56 Å². The molecule has 0 amide bonds. The molecular weight excluding hydrogens is 544 g/mol. The van der Waals surface area contributed by atoms with Crippen LogP contribution in [0.5, 0.6) is 17.2 Å². The SMILES string of the molecule is CC(=O)OC[C@H]1O[C@@H](Oc2ccc(C(=O)Cc3ccc(O)cc3)c(O)c2)[C@H](OC(C)=O)[C@@H](OC(C)=O)[C@@H]1OC(C)=O. The molecule has 1 aliphatic heterocycles. The van der Waals surface area contributed by atoms with Gasteiger partial charge in [0.2, 0.25) is 12.4 Å². The van der Waals surface area contributed by atoms with E-state index in [1.165, 1.54) is 24.3 Å². The van der Waals surface area contributed by atoms with Crippen LogP contribution in [0, 0.1) is 0 Å². The fourth-order valence-corrected chi connectivity index (χ4v) is 4.13.